The quantitative estimate of drug-likeness (QED) is 0.397. The summed E-state index contributed by atoms with van der Waals surface area (Å²) in [6.45, 7) is 17.3. The summed E-state index contributed by atoms with van der Waals surface area (Å²) in [6, 6.07) is 21.8. The molecule has 2 saturated heterocycles. The molecule has 5 rings (SSSR count). The molecule has 2 aromatic rings. The maximum atomic E-state index is 7.43. The number of hydrogen-bond donors (Lipinski definition) is 0. The maximum absolute atomic E-state index is 7.43. The first-order valence-electron chi connectivity index (χ1n) is 12.8. The van der Waals surface area contributed by atoms with Crippen molar-refractivity contribution in [3.8, 4) is 0 Å². The summed E-state index contributed by atoms with van der Waals surface area (Å²) in [5.74, 6) is 1.37. The van der Waals surface area contributed by atoms with Gasteiger partial charge in [-0.2, -0.15) is 0 Å². The Labute approximate surface area is 211 Å². The summed E-state index contributed by atoms with van der Waals surface area (Å²) in [5, 5.41) is 2.57. The van der Waals surface area contributed by atoms with E-state index in [4.69, 9.17) is 13.9 Å². The molecule has 2 fully saturated rings. The second-order valence-electron chi connectivity index (χ2n) is 11.6. The smallest absolute Gasteiger partial charge is 0.261 e. The topological polar surface area (TPSA) is 27.7 Å². The van der Waals surface area contributed by atoms with Gasteiger partial charge < -0.3 is 13.9 Å². The standard InChI is InChI=1S/C31H38O3Si/c1-7-31(6)21-28-27-20-23(18-19-26(27)29(32-28)22(2)33-31)34-35(30(3,4)5,24-14-10-8-11-15-24)25-16-12-9-13-17-25/h7-19,23,26-29H,1-2,20-21H2,3-6H3/t23-,26+,27-,28+,29-,31-/m0/s1. The van der Waals surface area contributed by atoms with E-state index in [1.54, 1.807) is 0 Å². The van der Waals surface area contributed by atoms with Crippen LogP contribution in [-0.2, 0) is 13.9 Å². The van der Waals surface area contributed by atoms with Crippen molar-refractivity contribution in [2.24, 2.45) is 11.8 Å². The van der Waals surface area contributed by atoms with Crippen molar-refractivity contribution in [2.75, 3.05) is 0 Å². The second-order valence-corrected chi connectivity index (χ2v) is 15.8. The number of rotatable bonds is 5. The van der Waals surface area contributed by atoms with E-state index in [9.17, 15) is 0 Å². The molecule has 3 aliphatic rings. The van der Waals surface area contributed by atoms with Crippen LogP contribution in [0.1, 0.15) is 40.5 Å². The normalized spacial score (nSPS) is 32.5. The molecule has 0 unspecified atom stereocenters. The average molecular weight is 487 g/mol. The van der Waals surface area contributed by atoms with E-state index in [-0.39, 0.29) is 29.3 Å². The fourth-order valence-electron chi connectivity index (χ4n) is 6.42. The van der Waals surface area contributed by atoms with E-state index >= 15 is 0 Å². The zero-order chi connectivity index (χ0) is 24.8. The molecule has 184 valence electrons. The Morgan fingerprint density at radius 1 is 1.00 bits per heavy atom. The molecule has 4 heteroatoms. The molecule has 2 aromatic carbocycles. The molecular weight excluding hydrogens is 448 g/mol. The Morgan fingerprint density at radius 2 is 1.60 bits per heavy atom. The molecule has 2 heterocycles. The van der Waals surface area contributed by atoms with Gasteiger partial charge in [0.15, 0.2) is 0 Å². The zero-order valence-electron chi connectivity index (χ0n) is 21.4. The Hall–Kier alpha value is -2.40. The third-order valence-corrected chi connectivity index (χ3v) is 13.2. The number of hydrogen-bond acceptors (Lipinski definition) is 3. The molecule has 0 radical (unpaired) electrons. The molecule has 0 amide bonds. The van der Waals surface area contributed by atoms with Gasteiger partial charge in [0, 0.05) is 12.3 Å². The van der Waals surface area contributed by atoms with E-state index in [1.165, 1.54) is 10.4 Å². The van der Waals surface area contributed by atoms with Crippen LogP contribution in [0.3, 0.4) is 0 Å². The number of fused-ring (bicyclic) bond motifs is 5. The highest BCUT2D eigenvalue weighted by Crippen LogP contribution is 2.49. The number of ether oxygens (including phenoxy) is 2. The first-order valence-corrected chi connectivity index (χ1v) is 14.7. The van der Waals surface area contributed by atoms with E-state index in [1.807, 2.05) is 6.08 Å². The van der Waals surface area contributed by atoms with Crippen molar-refractivity contribution in [2.45, 2.75) is 69.5 Å². The van der Waals surface area contributed by atoms with Crippen LogP contribution in [0.5, 0.6) is 0 Å². The molecule has 2 aliphatic heterocycles. The Morgan fingerprint density at radius 3 is 2.14 bits per heavy atom. The third kappa shape index (κ3) is 4.16. The number of benzene rings is 2. The maximum Gasteiger partial charge on any atom is 0.261 e. The van der Waals surface area contributed by atoms with Crippen LogP contribution in [0, 0.1) is 11.8 Å². The minimum absolute atomic E-state index is 0.0241. The van der Waals surface area contributed by atoms with Gasteiger partial charge in [-0.15, -0.1) is 0 Å². The second kappa shape index (κ2) is 8.92. The Kier molecular flexibility index (Phi) is 6.19. The first-order chi connectivity index (χ1) is 16.7. The van der Waals surface area contributed by atoms with Gasteiger partial charge in [-0.1, -0.05) is 107 Å². The predicted molar refractivity (Wildman–Crippen MR) is 145 cm³/mol. The summed E-state index contributed by atoms with van der Waals surface area (Å²) >= 11 is 0. The van der Waals surface area contributed by atoms with Crippen molar-refractivity contribution >= 4 is 18.7 Å². The lowest BCUT2D eigenvalue weighted by molar-refractivity contribution is 0.0281. The van der Waals surface area contributed by atoms with Gasteiger partial charge >= 0.3 is 0 Å². The van der Waals surface area contributed by atoms with Crippen molar-refractivity contribution in [1.82, 2.24) is 0 Å². The molecule has 0 N–H and O–H groups in total. The van der Waals surface area contributed by atoms with Gasteiger partial charge in [-0.25, -0.2) is 0 Å². The van der Waals surface area contributed by atoms with Gasteiger partial charge in [0.2, 0.25) is 0 Å². The molecule has 0 aromatic heterocycles. The van der Waals surface area contributed by atoms with E-state index in [0.717, 1.165) is 18.6 Å². The van der Waals surface area contributed by atoms with Crippen LogP contribution in [0.2, 0.25) is 5.04 Å². The molecule has 35 heavy (non-hydrogen) atoms. The Balaban J connectivity index is 1.53. The van der Waals surface area contributed by atoms with Gasteiger partial charge in [-0.05, 0) is 40.8 Å². The van der Waals surface area contributed by atoms with Gasteiger partial charge in [0.25, 0.3) is 8.32 Å². The summed E-state index contributed by atoms with van der Waals surface area (Å²) < 4.78 is 20.2. The summed E-state index contributed by atoms with van der Waals surface area (Å²) in [6.07, 6.45) is 8.23. The molecule has 0 saturated carbocycles. The highest BCUT2D eigenvalue weighted by molar-refractivity contribution is 6.99. The van der Waals surface area contributed by atoms with Gasteiger partial charge in [-0.3, -0.25) is 0 Å². The fraction of sp³-hybridized carbons (Fsp3) is 0.419. The molecular formula is C31H38O3Si. The van der Waals surface area contributed by atoms with E-state index in [2.05, 4.69) is 114 Å². The molecule has 3 nitrogen and oxygen atoms in total. The molecule has 2 bridgehead atoms. The minimum atomic E-state index is -2.62. The lowest BCUT2D eigenvalue weighted by Crippen LogP contribution is -2.67. The molecule has 6 atom stereocenters. The van der Waals surface area contributed by atoms with E-state index in [0.29, 0.717) is 5.92 Å². The summed E-state index contributed by atoms with van der Waals surface area (Å²) in [4.78, 5) is 0. The largest absolute Gasteiger partial charge is 0.486 e. The van der Waals surface area contributed by atoms with Crippen LogP contribution in [0.15, 0.2) is 97.8 Å². The Bertz CT molecular complexity index is 1060. The van der Waals surface area contributed by atoms with Gasteiger partial charge in [0.1, 0.15) is 17.5 Å². The summed E-state index contributed by atoms with van der Waals surface area (Å²) in [5.41, 5.74) is -0.447. The van der Waals surface area contributed by atoms with Crippen molar-refractivity contribution in [3.05, 3.63) is 97.8 Å². The lowest BCUT2D eigenvalue weighted by Gasteiger charge is -2.46. The van der Waals surface area contributed by atoms with Crippen LogP contribution in [0.25, 0.3) is 0 Å². The van der Waals surface area contributed by atoms with Gasteiger partial charge in [0.05, 0.1) is 12.2 Å². The zero-order valence-corrected chi connectivity index (χ0v) is 22.4. The highest BCUT2D eigenvalue weighted by Gasteiger charge is 2.55. The fourth-order valence-corrected chi connectivity index (χ4v) is 11.1. The first kappa shape index (κ1) is 24.3. The molecule has 0 spiro atoms. The third-order valence-electron chi connectivity index (χ3n) is 8.16. The van der Waals surface area contributed by atoms with Crippen LogP contribution in [-0.4, -0.2) is 32.2 Å². The highest BCUT2D eigenvalue weighted by atomic mass is 28.4. The van der Waals surface area contributed by atoms with Crippen molar-refractivity contribution < 1.29 is 13.9 Å². The van der Waals surface area contributed by atoms with Crippen LogP contribution < -0.4 is 10.4 Å². The van der Waals surface area contributed by atoms with Crippen molar-refractivity contribution in [3.63, 3.8) is 0 Å². The predicted octanol–water partition coefficient (Wildman–Crippen LogP) is 5.77. The minimum Gasteiger partial charge on any atom is -0.486 e. The SMILES string of the molecule is C=C[C@@]1(C)C[C@H]2O[C@@H](C(=C)O1)[C@@H]1C=C[C@H](O[Si](c3ccccc3)(c3ccccc3)C(C)(C)C)C[C@@H]12. The van der Waals surface area contributed by atoms with Crippen molar-refractivity contribution in [1.29, 1.82) is 0 Å². The molecule has 1 aliphatic carbocycles. The lowest BCUT2D eigenvalue weighted by atomic mass is 9.75. The summed E-state index contributed by atoms with van der Waals surface area (Å²) in [7, 11) is -2.62. The average Bonchev–Trinajstić information content (AvgIpc) is 3.13. The van der Waals surface area contributed by atoms with Crippen LogP contribution >= 0.6 is 0 Å². The van der Waals surface area contributed by atoms with Crippen LogP contribution in [0.4, 0.5) is 0 Å². The van der Waals surface area contributed by atoms with E-state index < -0.39 is 13.9 Å². The monoisotopic (exact) mass is 486 g/mol.